The predicted octanol–water partition coefficient (Wildman–Crippen LogP) is 6.21. The van der Waals surface area contributed by atoms with Crippen LogP contribution in [0.15, 0.2) is 103 Å². The lowest BCUT2D eigenvalue weighted by atomic mass is 9.79. The molecule has 6 heteroatoms. The maximum atomic E-state index is 13.2. The van der Waals surface area contributed by atoms with Crippen LogP contribution in [0.3, 0.4) is 0 Å². The van der Waals surface area contributed by atoms with E-state index in [1.54, 1.807) is 54.6 Å². The number of phenolic OH excluding ortho intramolecular Hbond substituents is 2. The number of aryl methyl sites for hydroxylation is 1. The quantitative estimate of drug-likeness (QED) is 0.174. The predicted molar refractivity (Wildman–Crippen MR) is 149 cm³/mol. The van der Waals surface area contributed by atoms with Gasteiger partial charge in [-0.15, -0.1) is 0 Å². The Labute approximate surface area is 226 Å². The van der Waals surface area contributed by atoms with Crippen molar-refractivity contribution in [2.45, 2.75) is 19.1 Å². The number of carbonyl (C=O) groups is 1. The summed E-state index contributed by atoms with van der Waals surface area (Å²) in [7, 11) is 1.53. The first kappa shape index (κ1) is 25.8. The molecule has 5 rings (SSSR count). The van der Waals surface area contributed by atoms with Gasteiger partial charge < -0.3 is 24.8 Å². The average molecular weight is 521 g/mol. The van der Waals surface area contributed by atoms with Gasteiger partial charge >= 0.3 is 5.97 Å². The molecule has 6 nitrogen and oxygen atoms in total. The Balaban J connectivity index is 1.52. The summed E-state index contributed by atoms with van der Waals surface area (Å²) in [5.74, 6) is -0.621. The SMILES string of the molecule is COc1cc(C)c2ccc(O)c(C(=O)OCc3cccc(C(O)(c4ccccc4)c4ccccc4)c3O)c2c1. The van der Waals surface area contributed by atoms with Crippen molar-refractivity contribution in [2.75, 3.05) is 7.11 Å². The highest BCUT2D eigenvalue weighted by molar-refractivity contribution is 6.08. The molecule has 0 aliphatic rings. The summed E-state index contributed by atoms with van der Waals surface area (Å²) >= 11 is 0. The third kappa shape index (κ3) is 4.67. The van der Waals surface area contributed by atoms with Gasteiger partial charge in [0.2, 0.25) is 0 Å². The minimum Gasteiger partial charge on any atom is -0.507 e. The Kier molecular flexibility index (Phi) is 6.96. The van der Waals surface area contributed by atoms with Crippen LogP contribution >= 0.6 is 0 Å². The van der Waals surface area contributed by atoms with E-state index in [2.05, 4.69) is 0 Å². The van der Waals surface area contributed by atoms with E-state index in [0.717, 1.165) is 10.9 Å². The molecule has 196 valence electrons. The van der Waals surface area contributed by atoms with E-state index >= 15 is 0 Å². The molecule has 3 N–H and O–H groups in total. The van der Waals surface area contributed by atoms with Crippen LogP contribution in [0.2, 0.25) is 0 Å². The summed E-state index contributed by atoms with van der Waals surface area (Å²) in [6, 6.07) is 29.8. The molecule has 0 atom stereocenters. The number of methoxy groups -OCH3 is 1. The molecule has 0 bridgehead atoms. The van der Waals surface area contributed by atoms with Gasteiger partial charge in [-0.2, -0.15) is 0 Å². The number of aliphatic hydroxyl groups is 1. The number of para-hydroxylation sites is 1. The summed E-state index contributed by atoms with van der Waals surface area (Å²) < 4.78 is 10.9. The van der Waals surface area contributed by atoms with Gasteiger partial charge in [0, 0.05) is 16.5 Å². The third-order valence-corrected chi connectivity index (χ3v) is 6.98. The second kappa shape index (κ2) is 10.5. The van der Waals surface area contributed by atoms with Gasteiger partial charge in [0.15, 0.2) is 0 Å². The second-order valence-electron chi connectivity index (χ2n) is 9.33. The molecular weight excluding hydrogens is 492 g/mol. The first-order chi connectivity index (χ1) is 18.8. The summed E-state index contributed by atoms with van der Waals surface area (Å²) in [6.07, 6.45) is 0. The lowest BCUT2D eigenvalue weighted by Gasteiger charge is -2.31. The van der Waals surface area contributed by atoms with Crippen LogP contribution < -0.4 is 4.74 Å². The Hall–Kier alpha value is -4.81. The van der Waals surface area contributed by atoms with Gasteiger partial charge in [0.1, 0.15) is 35.0 Å². The zero-order valence-corrected chi connectivity index (χ0v) is 21.6. The van der Waals surface area contributed by atoms with Gasteiger partial charge in [-0.3, -0.25) is 0 Å². The zero-order valence-electron chi connectivity index (χ0n) is 21.6. The fourth-order valence-electron chi connectivity index (χ4n) is 4.96. The molecule has 0 unspecified atom stereocenters. The molecule has 0 spiro atoms. The van der Waals surface area contributed by atoms with Crippen LogP contribution in [-0.2, 0) is 16.9 Å². The molecule has 0 saturated heterocycles. The zero-order chi connectivity index (χ0) is 27.6. The molecule has 0 amide bonds. The normalized spacial score (nSPS) is 11.4. The van der Waals surface area contributed by atoms with Gasteiger partial charge in [-0.1, -0.05) is 84.9 Å². The molecule has 0 saturated carbocycles. The van der Waals surface area contributed by atoms with E-state index < -0.39 is 11.6 Å². The van der Waals surface area contributed by atoms with Crippen molar-refractivity contribution in [3.05, 3.63) is 137 Å². The molecule has 0 heterocycles. The molecule has 5 aromatic rings. The van der Waals surface area contributed by atoms with E-state index in [9.17, 15) is 20.1 Å². The van der Waals surface area contributed by atoms with Crippen molar-refractivity contribution in [3.8, 4) is 17.2 Å². The molecular formula is C33H28O6. The molecule has 0 aliphatic carbocycles. The lowest BCUT2D eigenvalue weighted by molar-refractivity contribution is 0.0469. The largest absolute Gasteiger partial charge is 0.507 e. The number of aromatic hydroxyl groups is 2. The van der Waals surface area contributed by atoms with Crippen molar-refractivity contribution in [3.63, 3.8) is 0 Å². The molecule has 39 heavy (non-hydrogen) atoms. The van der Waals surface area contributed by atoms with E-state index in [1.165, 1.54) is 13.2 Å². The van der Waals surface area contributed by atoms with E-state index in [0.29, 0.717) is 27.8 Å². The Morgan fingerprint density at radius 1 is 0.795 bits per heavy atom. The number of phenols is 2. The van der Waals surface area contributed by atoms with E-state index in [-0.39, 0.29) is 29.2 Å². The number of ether oxygens (including phenoxy) is 2. The highest BCUT2D eigenvalue weighted by Gasteiger charge is 2.36. The number of hydrogen-bond donors (Lipinski definition) is 3. The average Bonchev–Trinajstić information content (AvgIpc) is 2.96. The standard InChI is InChI=1S/C33H28O6/c1-21-18-25(38-2)19-27-26(21)16-17-29(34)30(27)32(36)39-20-22-10-9-15-28(31(22)35)33(37,23-11-5-3-6-12-23)24-13-7-4-8-14-24/h3-19,34-35,37H,20H2,1-2H3. The van der Waals surface area contributed by atoms with Gasteiger partial charge in [0.05, 0.1) is 7.11 Å². The maximum absolute atomic E-state index is 13.2. The smallest absolute Gasteiger partial charge is 0.342 e. The number of benzene rings is 5. The number of rotatable bonds is 7. The van der Waals surface area contributed by atoms with E-state index in [4.69, 9.17) is 9.47 Å². The number of esters is 1. The highest BCUT2D eigenvalue weighted by atomic mass is 16.5. The molecule has 0 fully saturated rings. The number of hydrogen-bond acceptors (Lipinski definition) is 6. The fraction of sp³-hybridized carbons (Fsp3) is 0.121. The Morgan fingerprint density at radius 3 is 2.05 bits per heavy atom. The van der Waals surface area contributed by atoms with Crippen LogP contribution in [0.25, 0.3) is 10.8 Å². The minimum absolute atomic E-state index is 0.00946. The molecule has 5 aromatic carbocycles. The summed E-state index contributed by atoms with van der Waals surface area (Å²) in [5, 5.41) is 35.3. The van der Waals surface area contributed by atoms with Crippen LogP contribution in [0, 0.1) is 6.92 Å². The first-order valence-electron chi connectivity index (χ1n) is 12.5. The van der Waals surface area contributed by atoms with Crippen molar-refractivity contribution in [2.24, 2.45) is 0 Å². The van der Waals surface area contributed by atoms with E-state index in [1.807, 2.05) is 49.4 Å². The Morgan fingerprint density at radius 2 is 1.44 bits per heavy atom. The lowest BCUT2D eigenvalue weighted by Crippen LogP contribution is -2.29. The van der Waals surface area contributed by atoms with Gasteiger partial charge in [0.25, 0.3) is 0 Å². The maximum Gasteiger partial charge on any atom is 0.342 e. The topological polar surface area (TPSA) is 96.2 Å². The monoisotopic (exact) mass is 520 g/mol. The number of carbonyl (C=O) groups excluding carboxylic acids is 1. The highest BCUT2D eigenvalue weighted by Crippen LogP contribution is 2.42. The van der Waals surface area contributed by atoms with Crippen LogP contribution in [0.5, 0.6) is 17.2 Å². The Bertz CT molecular complexity index is 1600. The van der Waals surface area contributed by atoms with Crippen LogP contribution in [-0.4, -0.2) is 28.4 Å². The van der Waals surface area contributed by atoms with Crippen LogP contribution in [0.4, 0.5) is 0 Å². The van der Waals surface area contributed by atoms with Crippen molar-refractivity contribution in [1.29, 1.82) is 0 Å². The summed E-state index contributed by atoms with van der Waals surface area (Å²) in [6.45, 7) is 1.61. The first-order valence-corrected chi connectivity index (χ1v) is 12.5. The fourth-order valence-corrected chi connectivity index (χ4v) is 4.96. The van der Waals surface area contributed by atoms with Crippen molar-refractivity contribution in [1.82, 2.24) is 0 Å². The minimum atomic E-state index is -1.66. The van der Waals surface area contributed by atoms with Crippen molar-refractivity contribution < 1.29 is 29.6 Å². The van der Waals surface area contributed by atoms with Gasteiger partial charge in [-0.25, -0.2) is 4.79 Å². The summed E-state index contributed by atoms with van der Waals surface area (Å²) in [5.41, 5.74) is 0.937. The molecule has 0 aromatic heterocycles. The van der Waals surface area contributed by atoms with Crippen molar-refractivity contribution >= 4 is 16.7 Å². The second-order valence-corrected chi connectivity index (χ2v) is 9.33. The molecule has 0 aliphatic heterocycles. The summed E-state index contributed by atoms with van der Waals surface area (Å²) in [4.78, 5) is 13.2. The number of fused-ring (bicyclic) bond motifs is 1. The third-order valence-electron chi connectivity index (χ3n) is 6.98. The van der Waals surface area contributed by atoms with Gasteiger partial charge in [-0.05, 0) is 47.2 Å². The molecule has 0 radical (unpaired) electrons. The van der Waals surface area contributed by atoms with Crippen LogP contribution in [0.1, 0.15) is 38.2 Å².